The summed E-state index contributed by atoms with van der Waals surface area (Å²) in [6.45, 7) is 0.0553. The lowest BCUT2D eigenvalue weighted by molar-refractivity contribution is -0.137. The Hall–Kier alpha value is -1.67. The minimum absolute atomic E-state index is 0.0553. The molecule has 0 atom stereocenters. The molecule has 0 bridgehead atoms. The third-order valence-electron chi connectivity index (χ3n) is 2.12. The van der Waals surface area contributed by atoms with Crippen molar-refractivity contribution in [2.75, 3.05) is 0 Å². The predicted molar refractivity (Wildman–Crippen MR) is 57.1 cm³/mol. The minimum Gasteiger partial charge on any atom is -0.324 e. The van der Waals surface area contributed by atoms with Gasteiger partial charge in [0.2, 0.25) is 0 Å². The molecule has 96 valence electrons. The molecule has 2 aromatic rings. The van der Waals surface area contributed by atoms with Crippen molar-refractivity contribution in [1.29, 1.82) is 0 Å². The van der Waals surface area contributed by atoms with E-state index in [4.69, 9.17) is 17.3 Å². The van der Waals surface area contributed by atoms with E-state index >= 15 is 0 Å². The van der Waals surface area contributed by atoms with Crippen molar-refractivity contribution < 1.29 is 13.2 Å². The van der Waals surface area contributed by atoms with Gasteiger partial charge in [-0.15, -0.1) is 15.0 Å². The highest BCUT2D eigenvalue weighted by Crippen LogP contribution is 2.35. The van der Waals surface area contributed by atoms with Gasteiger partial charge in [-0.25, -0.2) is 0 Å². The van der Waals surface area contributed by atoms with Crippen LogP contribution in [0.5, 0.6) is 0 Å². The van der Waals surface area contributed by atoms with Gasteiger partial charge in [0.1, 0.15) is 0 Å². The highest BCUT2D eigenvalue weighted by Gasteiger charge is 2.33. The third kappa shape index (κ3) is 2.44. The summed E-state index contributed by atoms with van der Waals surface area (Å²) in [5, 5.41) is 10.6. The molecule has 5 nitrogen and oxygen atoms in total. The summed E-state index contributed by atoms with van der Waals surface area (Å²) in [4.78, 5) is 0.966. The molecular formula is C9H7ClF3N5. The van der Waals surface area contributed by atoms with Crippen molar-refractivity contribution >= 4 is 11.6 Å². The van der Waals surface area contributed by atoms with E-state index in [1.807, 2.05) is 0 Å². The Morgan fingerprint density at radius 3 is 2.61 bits per heavy atom. The fourth-order valence-electron chi connectivity index (χ4n) is 1.29. The second kappa shape index (κ2) is 4.54. The summed E-state index contributed by atoms with van der Waals surface area (Å²) < 4.78 is 37.9. The van der Waals surface area contributed by atoms with Gasteiger partial charge in [0.25, 0.3) is 0 Å². The summed E-state index contributed by atoms with van der Waals surface area (Å²) in [6.07, 6.45) is -4.54. The summed E-state index contributed by atoms with van der Waals surface area (Å²) in [5.74, 6) is 0.235. The van der Waals surface area contributed by atoms with Crippen molar-refractivity contribution in [2.45, 2.75) is 12.7 Å². The lowest BCUT2D eigenvalue weighted by atomic mass is 10.2. The number of aromatic nitrogens is 4. The number of alkyl halides is 3. The smallest absolute Gasteiger partial charge is 0.324 e. The number of rotatable bonds is 2. The molecule has 0 aliphatic heterocycles. The molecule has 0 spiro atoms. The van der Waals surface area contributed by atoms with Crippen LogP contribution in [0.15, 0.2) is 18.2 Å². The number of halogens is 4. The Bertz CT molecular complexity index is 566. The molecule has 0 saturated carbocycles. The molecule has 2 N–H and O–H groups in total. The summed E-state index contributed by atoms with van der Waals surface area (Å²) in [7, 11) is 0. The zero-order valence-electron chi connectivity index (χ0n) is 8.82. The molecule has 18 heavy (non-hydrogen) atoms. The molecule has 0 aliphatic rings. The second-order valence-electron chi connectivity index (χ2n) is 3.36. The maximum atomic E-state index is 12.6. The van der Waals surface area contributed by atoms with Gasteiger partial charge in [-0.3, -0.25) is 0 Å². The lowest BCUT2D eigenvalue weighted by Gasteiger charge is -2.09. The molecule has 2 rings (SSSR count). The average molecular weight is 278 g/mol. The molecule has 1 aromatic carbocycles. The van der Waals surface area contributed by atoms with Crippen molar-refractivity contribution in [1.82, 2.24) is 20.2 Å². The van der Waals surface area contributed by atoms with E-state index in [1.54, 1.807) is 0 Å². The number of tetrazole rings is 1. The Kier molecular flexibility index (Phi) is 3.22. The number of hydrogen-bond acceptors (Lipinski definition) is 4. The standard InChI is InChI=1S/C9H7ClF3N5/c10-7-2-1-5(3-6(7)9(11,12)13)18-16-8(4-14)15-17-18/h1-3H,4,14H2. The molecule has 0 fully saturated rings. The first-order valence-electron chi connectivity index (χ1n) is 4.78. The van der Waals surface area contributed by atoms with E-state index in [9.17, 15) is 13.2 Å². The first-order valence-corrected chi connectivity index (χ1v) is 5.15. The van der Waals surface area contributed by atoms with Crippen LogP contribution < -0.4 is 5.73 Å². The van der Waals surface area contributed by atoms with E-state index in [1.165, 1.54) is 6.07 Å². The maximum absolute atomic E-state index is 12.6. The Balaban J connectivity index is 2.47. The van der Waals surface area contributed by atoms with Crippen LogP contribution >= 0.6 is 11.6 Å². The van der Waals surface area contributed by atoms with Crippen LogP contribution in [0.1, 0.15) is 11.4 Å². The minimum atomic E-state index is -4.54. The molecular weight excluding hydrogens is 271 g/mol. The monoisotopic (exact) mass is 277 g/mol. The van der Waals surface area contributed by atoms with Crippen molar-refractivity contribution in [3.05, 3.63) is 34.6 Å². The van der Waals surface area contributed by atoms with E-state index in [-0.39, 0.29) is 23.1 Å². The van der Waals surface area contributed by atoms with Crippen molar-refractivity contribution in [3.8, 4) is 5.69 Å². The maximum Gasteiger partial charge on any atom is 0.417 e. The second-order valence-corrected chi connectivity index (χ2v) is 3.77. The molecule has 0 radical (unpaired) electrons. The molecule has 0 unspecified atom stereocenters. The molecule has 0 amide bonds. The largest absolute Gasteiger partial charge is 0.417 e. The third-order valence-corrected chi connectivity index (χ3v) is 2.45. The van der Waals surface area contributed by atoms with Gasteiger partial charge in [-0.2, -0.15) is 13.2 Å². The van der Waals surface area contributed by atoms with E-state index in [0.29, 0.717) is 0 Å². The number of hydrogen-bond donors (Lipinski definition) is 1. The first-order chi connectivity index (χ1) is 8.41. The molecule has 0 aliphatic carbocycles. The lowest BCUT2D eigenvalue weighted by Crippen LogP contribution is -2.08. The van der Waals surface area contributed by atoms with Crippen molar-refractivity contribution in [2.24, 2.45) is 5.73 Å². The fraction of sp³-hybridized carbons (Fsp3) is 0.222. The first kappa shape index (κ1) is 12.8. The Morgan fingerprint density at radius 1 is 1.33 bits per heavy atom. The molecule has 1 heterocycles. The van der Waals surface area contributed by atoms with Crippen LogP contribution in [0.2, 0.25) is 5.02 Å². The van der Waals surface area contributed by atoms with Gasteiger partial charge in [0.05, 0.1) is 22.8 Å². The normalized spacial score (nSPS) is 11.8. The van der Waals surface area contributed by atoms with Crippen molar-refractivity contribution in [3.63, 3.8) is 0 Å². The van der Waals surface area contributed by atoms with E-state index in [0.717, 1.165) is 16.9 Å². The van der Waals surface area contributed by atoms with Gasteiger partial charge >= 0.3 is 6.18 Å². The van der Waals surface area contributed by atoms with Crippen LogP contribution in [0, 0.1) is 0 Å². The number of nitrogens with two attached hydrogens (primary N) is 1. The summed E-state index contributed by atoms with van der Waals surface area (Å²) >= 11 is 5.50. The Morgan fingerprint density at radius 2 is 2.06 bits per heavy atom. The summed E-state index contributed by atoms with van der Waals surface area (Å²) in [5.41, 5.74) is 4.44. The van der Waals surface area contributed by atoms with Crippen LogP contribution in [0.3, 0.4) is 0 Å². The van der Waals surface area contributed by atoms with E-state index < -0.39 is 11.7 Å². The van der Waals surface area contributed by atoms with Gasteiger partial charge in [-0.1, -0.05) is 11.6 Å². The number of nitrogens with zero attached hydrogens (tertiary/aromatic N) is 4. The van der Waals surface area contributed by atoms with Crippen LogP contribution in [0.4, 0.5) is 13.2 Å². The molecule has 1 aromatic heterocycles. The highest BCUT2D eigenvalue weighted by molar-refractivity contribution is 6.31. The molecule has 9 heteroatoms. The Labute approximate surface area is 104 Å². The van der Waals surface area contributed by atoms with Crippen LogP contribution in [-0.4, -0.2) is 20.2 Å². The summed E-state index contributed by atoms with van der Waals surface area (Å²) in [6, 6.07) is 3.34. The molecule has 0 saturated heterocycles. The zero-order chi connectivity index (χ0) is 13.3. The van der Waals surface area contributed by atoms with E-state index in [2.05, 4.69) is 15.4 Å². The quantitative estimate of drug-likeness (QED) is 0.909. The predicted octanol–water partition coefficient (Wildman–Crippen LogP) is 1.79. The number of benzene rings is 1. The SMILES string of the molecule is NCc1nnn(-c2ccc(Cl)c(C(F)(F)F)c2)n1. The van der Waals surface area contributed by atoms with Crippen LogP contribution in [0.25, 0.3) is 5.69 Å². The van der Waals surface area contributed by atoms with Crippen LogP contribution in [-0.2, 0) is 12.7 Å². The van der Waals surface area contributed by atoms with Gasteiger partial charge < -0.3 is 5.73 Å². The topological polar surface area (TPSA) is 69.6 Å². The zero-order valence-corrected chi connectivity index (χ0v) is 9.57. The van der Waals surface area contributed by atoms with Gasteiger partial charge in [-0.05, 0) is 23.4 Å². The fourth-order valence-corrected chi connectivity index (χ4v) is 1.51. The average Bonchev–Trinajstić information content (AvgIpc) is 2.76. The van der Waals surface area contributed by atoms with Gasteiger partial charge in [0, 0.05) is 0 Å². The van der Waals surface area contributed by atoms with Gasteiger partial charge in [0.15, 0.2) is 5.82 Å². The highest BCUT2D eigenvalue weighted by atomic mass is 35.5.